The first-order chi connectivity index (χ1) is 12.0. The molecule has 2 rings (SSSR count). The Balaban J connectivity index is 1.63. The summed E-state index contributed by atoms with van der Waals surface area (Å²) in [5, 5.41) is 12.4. The fourth-order valence-corrected chi connectivity index (χ4v) is 3.95. The molecule has 0 atom stereocenters. The van der Waals surface area contributed by atoms with Crippen LogP contribution in [0.3, 0.4) is 0 Å². The number of hydrogen-bond donors (Lipinski definition) is 5. The van der Waals surface area contributed by atoms with Crippen molar-refractivity contribution in [3.8, 4) is 0 Å². The van der Waals surface area contributed by atoms with Gasteiger partial charge in [0.1, 0.15) is 0 Å². The summed E-state index contributed by atoms with van der Waals surface area (Å²) in [6.07, 6.45) is 0.859. The third-order valence-corrected chi connectivity index (χ3v) is 5.92. The molecule has 0 spiro atoms. The van der Waals surface area contributed by atoms with Crippen molar-refractivity contribution >= 4 is 52.0 Å². The van der Waals surface area contributed by atoms with E-state index >= 15 is 0 Å². The van der Waals surface area contributed by atoms with Crippen molar-refractivity contribution in [2.24, 2.45) is 0 Å². The van der Waals surface area contributed by atoms with Gasteiger partial charge in [-0.05, 0) is 48.0 Å². The maximum absolute atomic E-state index is 10.7. The Labute approximate surface area is 156 Å². The van der Waals surface area contributed by atoms with Crippen LogP contribution in [0.15, 0.2) is 42.5 Å². The van der Waals surface area contributed by atoms with Crippen molar-refractivity contribution in [1.82, 2.24) is 10.6 Å². The predicted molar refractivity (Wildman–Crippen MR) is 110 cm³/mol. The van der Waals surface area contributed by atoms with E-state index in [-0.39, 0.29) is 0 Å². The average Bonchev–Trinajstić information content (AvgIpc) is 2.56. The van der Waals surface area contributed by atoms with Gasteiger partial charge in [-0.25, -0.2) is 4.57 Å². The molecule has 2 aromatic rings. The Morgan fingerprint density at radius 1 is 1.08 bits per heavy atom. The lowest BCUT2D eigenvalue weighted by Crippen LogP contribution is -2.31. The topological polar surface area (TPSA) is 93.6 Å². The summed E-state index contributed by atoms with van der Waals surface area (Å²) < 4.78 is 10.7. The van der Waals surface area contributed by atoms with Crippen LogP contribution in [0.2, 0.25) is 0 Å². The molecule has 6 nitrogen and oxygen atoms in total. The molecule has 0 bridgehead atoms. The summed E-state index contributed by atoms with van der Waals surface area (Å²) in [6, 6.07) is 14.2. The predicted octanol–water partition coefficient (Wildman–Crippen LogP) is 2.93. The average molecular weight is 399 g/mol. The second-order valence-corrected chi connectivity index (χ2v) is 9.59. The zero-order chi connectivity index (χ0) is 18.1. The molecule has 0 amide bonds. The molecule has 0 heterocycles. The van der Waals surface area contributed by atoms with Crippen molar-refractivity contribution in [3.63, 3.8) is 0 Å². The normalized spacial score (nSPS) is 11.4. The van der Waals surface area contributed by atoms with Gasteiger partial charge in [0.25, 0.3) is 0 Å². The second kappa shape index (κ2) is 10.1. The highest BCUT2D eigenvalue weighted by Crippen LogP contribution is 2.49. The van der Waals surface area contributed by atoms with Gasteiger partial charge in [-0.1, -0.05) is 36.4 Å². The molecule has 0 aliphatic heterocycles. The standard InChI is InChI=1S/C16H22N3O3PS2/c20-23(21,22)25-12-11-17-9-4-10-18-16(24)19-15-8-3-6-13-5-1-2-7-14(13)15/h1-3,5-8,17H,4,9-12H2,(H2,18,19,24)(H2,20,21,22). The van der Waals surface area contributed by atoms with Crippen molar-refractivity contribution in [2.75, 3.05) is 30.7 Å². The molecular formula is C16H22N3O3PS2. The van der Waals surface area contributed by atoms with Gasteiger partial charge in [0.2, 0.25) is 0 Å². The molecule has 0 aromatic heterocycles. The summed E-state index contributed by atoms with van der Waals surface area (Å²) in [5.41, 5.74) is 0.975. The zero-order valence-electron chi connectivity index (χ0n) is 13.6. The highest BCUT2D eigenvalue weighted by Gasteiger charge is 2.12. The SMILES string of the molecule is O=P(O)(O)SCCNCCCNC(=S)Nc1cccc2ccccc12. The summed E-state index contributed by atoms with van der Waals surface area (Å²) >= 11 is 5.99. The second-order valence-electron chi connectivity index (χ2n) is 5.33. The van der Waals surface area contributed by atoms with Crippen LogP contribution < -0.4 is 16.0 Å². The van der Waals surface area contributed by atoms with E-state index in [4.69, 9.17) is 22.0 Å². The van der Waals surface area contributed by atoms with Gasteiger partial charge in [-0.3, -0.25) is 0 Å². The minimum atomic E-state index is -3.95. The minimum Gasteiger partial charge on any atom is -0.362 e. The molecule has 0 unspecified atom stereocenters. The Bertz CT molecular complexity index is 749. The highest BCUT2D eigenvalue weighted by atomic mass is 32.7. The first-order valence-corrected chi connectivity index (χ1v) is 11.5. The van der Waals surface area contributed by atoms with Gasteiger partial charge >= 0.3 is 6.80 Å². The molecule has 2 aromatic carbocycles. The molecule has 0 aliphatic rings. The molecule has 9 heteroatoms. The third-order valence-electron chi connectivity index (χ3n) is 3.39. The van der Waals surface area contributed by atoms with Crippen LogP contribution in [0.25, 0.3) is 10.8 Å². The Morgan fingerprint density at radius 2 is 1.84 bits per heavy atom. The summed E-state index contributed by atoms with van der Waals surface area (Å²) in [4.78, 5) is 17.4. The number of hydrogen-bond acceptors (Lipinski definition) is 4. The maximum Gasteiger partial charge on any atom is 0.384 e. The Kier molecular flexibility index (Phi) is 8.15. The largest absolute Gasteiger partial charge is 0.384 e. The van der Waals surface area contributed by atoms with Crippen LogP contribution in [0.1, 0.15) is 6.42 Å². The monoisotopic (exact) mass is 399 g/mol. The maximum atomic E-state index is 10.7. The van der Waals surface area contributed by atoms with Crippen LogP contribution in [0, 0.1) is 0 Å². The van der Waals surface area contributed by atoms with E-state index in [9.17, 15) is 4.57 Å². The number of benzene rings is 2. The lowest BCUT2D eigenvalue weighted by atomic mass is 10.1. The van der Waals surface area contributed by atoms with Crippen LogP contribution in [-0.4, -0.2) is 40.3 Å². The fourth-order valence-electron chi connectivity index (χ4n) is 2.28. The van der Waals surface area contributed by atoms with Gasteiger partial charge in [-0.15, -0.1) is 0 Å². The number of rotatable bonds is 9. The molecule has 136 valence electrons. The molecule has 0 saturated heterocycles. The fraction of sp³-hybridized carbons (Fsp3) is 0.312. The molecular weight excluding hydrogens is 377 g/mol. The minimum absolute atomic E-state index is 0.388. The molecule has 0 aliphatic carbocycles. The zero-order valence-corrected chi connectivity index (χ0v) is 16.2. The van der Waals surface area contributed by atoms with Crippen molar-refractivity contribution in [3.05, 3.63) is 42.5 Å². The first kappa shape index (κ1) is 20.2. The quantitative estimate of drug-likeness (QED) is 0.250. The van der Waals surface area contributed by atoms with Crippen molar-refractivity contribution in [2.45, 2.75) is 6.42 Å². The Hall–Kier alpha value is -1.15. The van der Waals surface area contributed by atoms with Gasteiger partial charge in [0.05, 0.1) is 0 Å². The van der Waals surface area contributed by atoms with E-state index in [1.165, 1.54) is 0 Å². The summed E-state index contributed by atoms with van der Waals surface area (Å²) in [6.45, 7) is -1.92. The number of fused-ring (bicyclic) bond motifs is 1. The van der Waals surface area contributed by atoms with E-state index < -0.39 is 6.80 Å². The van der Waals surface area contributed by atoms with Gasteiger partial charge in [-0.2, -0.15) is 0 Å². The summed E-state index contributed by atoms with van der Waals surface area (Å²) in [5.74, 6) is 0.388. The van der Waals surface area contributed by atoms with Gasteiger partial charge in [0, 0.05) is 29.9 Å². The van der Waals surface area contributed by atoms with E-state index in [1.54, 1.807) is 0 Å². The molecule has 0 fully saturated rings. The molecule has 25 heavy (non-hydrogen) atoms. The Morgan fingerprint density at radius 3 is 2.64 bits per heavy atom. The highest BCUT2D eigenvalue weighted by molar-refractivity contribution is 8.54. The van der Waals surface area contributed by atoms with Crippen molar-refractivity contribution in [1.29, 1.82) is 0 Å². The van der Waals surface area contributed by atoms with Crippen molar-refractivity contribution < 1.29 is 14.4 Å². The van der Waals surface area contributed by atoms with Gasteiger partial charge < -0.3 is 25.7 Å². The smallest absolute Gasteiger partial charge is 0.362 e. The van der Waals surface area contributed by atoms with E-state index in [0.717, 1.165) is 36.0 Å². The van der Waals surface area contributed by atoms with E-state index in [0.29, 0.717) is 28.8 Å². The number of nitrogens with one attached hydrogen (secondary N) is 3. The van der Waals surface area contributed by atoms with E-state index in [1.807, 2.05) is 24.3 Å². The van der Waals surface area contributed by atoms with Gasteiger partial charge in [0.15, 0.2) is 5.11 Å². The summed E-state index contributed by atoms with van der Waals surface area (Å²) in [7, 11) is 0. The number of anilines is 1. The van der Waals surface area contributed by atoms with Crippen LogP contribution >= 0.6 is 30.4 Å². The van der Waals surface area contributed by atoms with Crippen LogP contribution in [0.4, 0.5) is 5.69 Å². The van der Waals surface area contributed by atoms with Crippen LogP contribution in [0.5, 0.6) is 0 Å². The lowest BCUT2D eigenvalue weighted by molar-refractivity contribution is 0.397. The third kappa shape index (κ3) is 7.73. The molecule has 0 radical (unpaired) electrons. The first-order valence-electron chi connectivity index (χ1n) is 7.89. The van der Waals surface area contributed by atoms with Crippen LogP contribution in [-0.2, 0) is 4.57 Å². The molecule has 0 saturated carbocycles. The lowest BCUT2D eigenvalue weighted by Gasteiger charge is -2.12. The number of thiocarbonyl (C=S) groups is 1. The van der Waals surface area contributed by atoms with E-state index in [2.05, 4.69) is 34.1 Å². The molecule has 5 N–H and O–H groups in total.